The number of thiophene rings is 1. The number of hydrogen-bond acceptors (Lipinski definition) is 7. The lowest BCUT2D eigenvalue weighted by atomic mass is 9.32. The van der Waals surface area contributed by atoms with E-state index in [1.807, 2.05) is 11.3 Å². The van der Waals surface area contributed by atoms with Gasteiger partial charge >= 0.3 is 0 Å². The van der Waals surface area contributed by atoms with E-state index in [0.717, 1.165) is 91.4 Å². The average Bonchev–Trinajstić information content (AvgIpc) is 3.68. The second kappa shape index (κ2) is 13.7. The highest BCUT2D eigenvalue weighted by atomic mass is 32.1. The van der Waals surface area contributed by atoms with E-state index in [-0.39, 0.29) is 35.1 Å². The van der Waals surface area contributed by atoms with Gasteiger partial charge in [0, 0.05) is 71.9 Å². The maximum Gasteiger partial charge on any atom is 0.271 e. The number of ether oxygens (including phenoxy) is 2. The minimum atomic E-state index is -0.240. The second-order valence-corrected chi connectivity index (χ2v) is 23.9. The summed E-state index contributed by atoms with van der Waals surface area (Å²) in [6.07, 6.45) is 2.32. The minimum absolute atomic E-state index is 0.0419. The van der Waals surface area contributed by atoms with Crippen LogP contribution in [0.15, 0.2) is 121 Å². The Morgan fingerprint density at radius 3 is 1.81 bits per heavy atom. The number of rotatable bonds is 2. The van der Waals surface area contributed by atoms with E-state index >= 15 is 0 Å². The lowest BCUT2D eigenvalue weighted by Gasteiger charge is -2.43. The van der Waals surface area contributed by atoms with Gasteiger partial charge in [0.25, 0.3) is 13.4 Å². The van der Waals surface area contributed by atoms with E-state index in [4.69, 9.17) is 19.4 Å². The Morgan fingerprint density at radius 1 is 0.537 bits per heavy atom. The molecule has 4 aliphatic heterocycles. The summed E-state index contributed by atoms with van der Waals surface area (Å²) in [5.74, 6) is 5.21. The summed E-state index contributed by atoms with van der Waals surface area (Å²) in [5, 5.41) is 1.24. The lowest BCUT2D eigenvalue weighted by Crippen LogP contribution is -2.63. The molecule has 0 spiro atoms. The molecule has 0 atom stereocenters. The molecule has 0 bridgehead atoms. The maximum absolute atomic E-state index is 7.30. The monoisotopic (exact) mass is 892 g/mol. The highest BCUT2D eigenvalue weighted by molar-refractivity contribution is 7.33. The van der Waals surface area contributed by atoms with E-state index in [2.05, 4.69) is 200 Å². The van der Waals surface area contributed by atoms with Crippen molar-refractivity contribution in [2.24, 2.45) is 0 Å². The summed E-state index contributed by atoms with van der Waals surface area (Å²) in [6.45, 7) is 22.8. The van der Waals surface area contributed by atoms with E-state index < -0.39 is 0 Å². The largest absolute Gasteiger partial charge is 0.458 e. The van der Waals surface area contributed by atoms with Gasteiger partial charge in [-0.05, 0) is 87.6 Å². The molecule has 13 rings (SSSR count). The van der Waals surface area contributed by atoms with Gasteiger partial charge in [-0.1, -0.05) is 136 Å². The van der Waals surface area contributed by atoms with Crippen LogP contribution < -0.4 is 51.4 Å². The summed E-state index contributed by atoms with van der Waals surface area (Å²) in [6, 6.07) is 44.7. The minimum Gasteiger partial charge on any atom is -0.458 e. The Morgan fingerprint density at radius 2 is 1.12 bits per heavy atom. The molecule has 330 valence electrons. The number of aromatic nitrogens is 2. The summed E-state index contributed by atoms with van der Waals surface area (Å²) in [5.41, 5.74) is 14.8. The molecule has 1 aliphatic carbocycles. The van der Waals surface area contributed by atoms with E-state index in [1.54, 1.807) is 0 Å². The molecule has 5 aromatic carbocycles. The summed E-state index contributed by atoms with van der Waals surface area (Å²) in [7, 11) is 0. The zero-order valence-corrected chi connectivity index (χ0v) is 40.9. The molecular formula is C58H54B2N4O2S. The molecule has 0 N–H and O–H groups in total. The fourth-order valence-corrected chi connectivity index (χ4v) is 13.0. The van der Waals surface area contributed by atoms with Crippen LogP contribution in [-0.4, -0.2) is 23.4 Å². The number of nitrogens with zero attached hydrogens (tertiary/aromatic N) is 4. The number of anilines is 6. The molecule has 6 nitrogen and oxygen atoms in total. The molecule has 0 fully saturated rings. The second-order valence-electron chi connectivity index (χ2n) is 22.9. The highest BCUT2D eigenvalue weighted by Crippen LogP contribution is 2.51. The topological polar surface area (TPSA) is 50.7 Å². The molecule has 7 heterocycles. The van der Waals surface area contributed by atoms with Gasteiger partial charge in [-0.3, -0.25) is 9.80 Å². The Hall–Kier alpha value is -6.31. The predicted molar refractivity (Wildman–Crippen MR) is 282 cm³/mol. The summed E-state index contributed by atoms with van der Waals surface area (Å²) < 4.78 is 17.1. The van der Waals surface area contributed by atoms with Gasteiger partial charge in [-0.2, -0.15) is 0 Å². The van der Waals surface area contributed by atoms with Gasteiger partial charge in [0.1, 0.15) is 34.6 Å². The van der Waals surface area contributed by atoms with Crippen LogP contribution in [0, 0.1) is 0 Å². The van der Waals surface area contributed by atoms with Crippen LogP contribution in [0.3, 0.4) is 0 Å². The Labute approximate surface area is 399 Å². The normalized spacial score (nSPS) is 16.7. The first-order valence-electron chi connectivity index (χ1n) is 24.0. The average molecular weight is 893 g/mol. The highest BCUT2D eigenvalue weighted by Gasteiger charge is 2.49. The van der Waals surface area contributed by atoms with Crippen LogP contribution in [0.25, 0.3) is 10.1 Å². The van der Waals surface area contributed by atoms with E-state index in [9.17, 15) is 0 Å². The number of hydrogen-bond donors (Lipinski definition) is 0. The number of para-hydroxylation sites is 2. The Kier molecular flexibility index (Phi) is 8.34. The fourth-order valence-electron chi connectivity index (χ4n) is 11.7. The van der Waals surface area contributed by atoms with Crippen molar-refractivity contribution in [1.29, 1.82) is 0 Å². The lowest BCUT2D eigenvalue weighted by molar-refractivity contribution is 0.332. The molecular weight excluding hydrogens is 838 g/mol. The summed E-state index contributed by atoms with van der Waals surface area (Å²) >= 11 is 1.90. The van der Waals surface area contributed by atoms with Crippen LogP contribution in [0.4, 0.5) is 34.4 Å². The fraction of sp³-hybridized carbons (Fsp3) is 0.276. The van der Waals surface area contributed by atoms with Gasteiger partial charge in [0.15, 0.2) is 0 Å². The first-order chi connectivity index (χ1) is 32.0. The molecule has 9 heteroatoms. The zero-order chi connectivity index (χ0) is 46.1. The number of fused-ring (bicyclic) bond motifs is 11. The van der Waals surface area contributed by atoms with Gasteiger partial charge in [0.2, 0.25) is 0 Å². The standard InChI is InChI=1S/C58H54B2N4O2S/c1-55(2,3)47-31-44-49-53(61-47)63(33-18-12-11-13-19-33)41-22-16-15-21-38(41)59(49)39-29-40-43(30-42(39)65-44)66-45-32-48(56(4,5)6)62-54-50(45)60(40)52-51(35-20-14-17-23-46(35)67-52)64(54)34-24-25-36-37(28-34)58(9,10)27-26-57(36,7)8/h11-25,28-32H,26-27H2,1-10H3. The SMILES string of the molecule is CC(C)(C)c1cc2c3c(n1)N(c1ccccc1)c1ccccc1B3c1cc3c(cc1O2)Oc1cc(C(C)(C)C)nc2c1B3c1sc3ccccc3c1N2c1ccc2c(c1)C(C)(C)CCC2(C)C. The van der Waals surface area contributed by atoms with Crippen LogP contribution in [-0.2, 0) is 21.7 Å². The maximum atomic E-state index is 7.30. The van der Waals surface area contributed by atoms with E-state index in [0.29, 0.717) is 0 Å². The predicted octanol–water partition coefficient (Wildman–Crippen LogP) is 11.4. The van der Waals surface area contributed by atoms with Crippen molar-refractivity contribution in [1.82, 2.24) is 9.97 Å². The molecule has 8 aromatic rings. The third-order valence-corrected chi connectivity index (χ3v) is 16.6. The number of pyridine rings is 2. The molecule has 0 amide bonds. The first-order valence-corrected chi connectivity index (χ1v) is 24.8. The molecule has 0 saturated heterocycles. The van der Waals surface area contributed by atoms with Crippen LogP contribution in [0.2, 0.25) is 0 Å². The Balaban J connectivity index is 1.07. The zero-order valence-electron chi connectivity index (χ0n) is 40.1. The van der Waals surface area contributed by atoms with Crippen LogP contribution in [0.1, 0.15) is 105 Å². The van der Waals surface area contributed by atoms with Gasteiger partial charge in [-0.15, -0.1) is 11.3 Å². The number of benzene rings is 5. The van der Waals surface area contributed by atoms with Crippen molar-refractivity contribution < 1.29 is 9.47 Å². The van der Waals surface area contributed by atoms with Crippen molar-refractivity contribution in [3.05, 3.63) is 144 Å². The van der Waals surface area contributed by atoms with Crippen molar-refractivity contribution in [3.63, 3.8) is 0 Å². The van der Waals surface area contributed by atoms with Gasteiger partial charge in [0.05, 0.1) is 17.1 Å². The Bertz CT molecular complexity index is 3440. The smallest absolute Gasteiger partial charge is 0.271 e. The third-order valence-electron chi connectivity index (χ3n) is 15.4. The van der Waals surface area contributed by atoms with Gasteiger partial charge in [-0.25, -0.2) is 9.97 Å². The van der Waals surface area contributed by atoms with Gasteiger partial charge < -0.3 is 9.47 Å². The molecule has 0 unspecified atom stereocenters. The summed E-state index contributed by atoms with van der Waals surface area (Å²) in [4.78, 5) is 16.1. The van der Waals surface area contributed by atoms with Crippen LogP contribution in [0.5, 0.6) is 23.0 Å². The van der Waals surface area contributed by atoms with Crippen molar-refractivity contribution in [2.75, 3.05) is 9.80 Å². The van der Waals surface area contributed by atoms with E-state index in [1.165, 1.54) is 43.6 Å². The van der Waals surface area contributed by atoms with Crippen LogP contribution >= 0.6 is 11.3 Å². The molecule has 0 saturated carbocycles. The molecule has 5 aliphatic rings. The molecule has 0 radical (unpaired) electrons. The van der Waals surface area contributed by atoms with Crippen molar-refractivity contribution >= 4 is 101 Å². The third kappa shape index (κ3) is 5.89. The first kappa shape index (κ1) is 40.9. The van der Waals surface area contributed by atoms with Crippen molar-refractivity contribution in [3.8, 4) is 23.0 Å². The van der Waals surface area contributed by atoms with Crippen molar-refractivity contribution in [2.45, 2.75) is 104 Å². The molecule has 3 aromatic heterocycles. The molecule has 67 heavy (non-hydrogen) atoms. The quantitative estimate of drug-likeness (QED) is 0.161.